The molecule has 1 aromatic heterocycles. The van der Waals surface area contributed by atoms with Crippen molar-refractivity contribution < 1.29 is 19.1 Å². The molecule has 1 N–H and O–H groups in total. The molecule has 1 fully saturated rings. The van der Waals surface area contributed by atoms with Crippen LogP contribution in [-0.4, -0.2) is 25.1 Å². The number of thiophene rings is 1. The van der Waals surface area contributed by atoms with Crippen LogP contribution in [0, 0.1) is 18.3 Å². The molecule has 3 rings (SSSR count). The molecular formula is C23H26N2O4S. The van der Waals surface area contributed by atoms with Crippen molar-refractivity contribution >= 4 is 28.2 Å². The van der Waals surface area contributed by atoms with E-state index in [1.807, 2.05) is 18.2 Å². The summed E-state index contributed by atoms with van der Waals surface area (Å²) in [5.41, 5.74) is 2.11. The van der Waals surface area contributed by atoms with Gasteiger partial charge in [-0.05, 0) is 55.9 Å². The highest BCUT2D eigenvalue weighted by Gasteiger charge is 2.22. The van der Waals surface area contributed by atoms with Crippen molar-refractivity contribution in [3.8, 4) is 11.8 Å². The zero-order chi connectivity index (χ0) is 21.5. The van der Waals surface area contributed by atoms with Crippen LogP contribution in [0.1, 0.15) is 71.3 Å². The topological polar surface area (TPSA) is 88.4 Å². The lowest BCUT2D eigenvalue weighted by atomic mass is 9.84. The summed E-state index contributed by atoms with van der Waals surface area (Å²) in [5, 5.41) is 12.4. The normalized spacial score (nSPS) is 14.0. The number of anilines is 1. The Kier molecular flexibility index (Phi) is 7.47. The Bertz CT molecular complexity index is 937. The Morgan fingerprint density at radius 2 is 1.90 bits per heavy atom. The number of amides is 1. The Morgan fingerprint density at radius 3 is 2.53 bits per heavy atom. The van der Waals surface area contributed by atoms with E-state index in [1.54, 1.807) is 13.8 Å². The fraction of sp³-hybridized carbons (Fsp3) is 0.435. The van der Waals surface area contributed by atoms with E-state index in [-0.39, 0.29) is 24.7 Å². The molecule has 0 radical (unpaired) electrons. The van der Waals surface area contributed by atoms with Gasteiger partial charge >= 0.3 is 5.97 Å². The first kappa shape index (κ1) is 21.8. The van der Waals surface area contributed by atoms with E-state index in [9.17, 15) is 14.9 Å². The van der Waals surface area contributed by atoms with E-state index < -0.39 is 5.97 Å². The molecule has 1 heterocycles. The number of rotatable bonds is 7. The molecule has 0 spiro atoms. The minimum absolute atomic E-state index is 0.181. The van der Waals surface area contributed by atoms with Crippen LogP contribution in [0.25, 0.3) is 0 Å². The highest BCUT2D eigenvalue weighted by atomic mass is 32.1. The summed E-state index contributed by atoms with van der Waals surface area (Å²) in [6.07, 6.45) is 6.36. The van der Waals surface area contributed by atoms with Crippen molar-refractivity contribution in [3.63, 3.8) is 0 Å². The van der Waals surface area contributed by atoms with Crippen molar-refractivity contribution in [2.75, 3.05) is 18.5 Å². The number of nitrogens with one attached hydrogen (secondary N) is 1. The maximum absolute atomic E-state index is 12.3. The molecule has 1 amide bonds. The predicted molar refractivity (Wildman–Crippen MR) is 116 cm³/mol. The second-order valence-electron chi connectivity index (χ2n) is 7.33. The Labute approximate surface area is 180 Å². The van der Waals surface area contributed by atoms with Crippen molar-refractivity contribution in [1.82, 2.24) is 0 Å². The van der Waals surface area contributed by atoms with E-state index >= 15 is 0 Å². The summed E-state index contributed by atoms with van der Waals surface area (Å²) in [6.45, 7) is 3.45. The Morgan fingerprint density at radius 1 is 1.20 bits per heavy atom. The number of carbonyl (C=O) groups is 2. The molecule has 6 nitrogen and oxygen atoms in total. The number of esters is 1. The molecule has 1 aromatic carbocycles. The Balaban J connectivity index is 1.59. The third-order valence-corrected chi connectivity index (χ3v) is 6.49. The standard InChI is InChI=1S/C23H26N2O4S/c1-3-28-23(27)21-15(2)19(13-24)22(30-21)25-20(26)14-29-18-11-9-17(10-12-18)16-7-5-4-6-8-16/h9-12,16H,3-8,14H2,1-2H3,(H,25,26). The van der Waals surface area contributed by atoms with Gasteiger partial charge in [-0.15, -0.1) is 11.3 Å². The van der Waals surface area contributed by atoms with Crippen LogP contribution in [-0.2, 0) is 9.53 Å². The highest BCUT2D eigenvalue weighted by Crippen LogP contribution is 2.34. The molecule has 0 unspecified atom stereocenters. The van der Waals surface area contributed by atoms with E-state index in [2.05, 4.69) is 17.4 Å². The summed E-state index contributed by atoms with van der Waals surface area (Å²) in [7, 11) is 0. The van der Waals surface area contributed by atoms with Crippen LogP contribution < -0.4 is 10.1 Å². The minimum Gasteiger partial charge on any atom is -0.484 e. The zero-order valence-electron chi connectivity index (χ0n) is 17.3. The monoisotopic (exact) mass is 426 g/mol. The van der Waals surface area contributed by atoms with Gasteiger partial charge in [-0.3, -0.25) is 4.79 Å². The first-order chi connectivity index (χ1) is 14.5. The number of hydrogen-bond acceptors (Lipinski definition) is 6. The van der Waals surface area contributed by atoms with Crippen LogP contribution >= 0.6 is 11.3 Å². The zero-order valence-corrected chi connectivity index (χ0v) is 18.1. The highest BCUT2D eigenvalue weighted by molar-refractivity contribution is 7.18. The second kappa shape index (κ2) is 10.3. The van der Waals surface area contributed by atoms with Gasteiger partial charge in [0, 0.05) is 0 Å². The molecule has 0 atom stereocenters. The Hall–Kier alpha value is -2.85. The second-order valence-corrected chi connectivity index (χ2v) is 8.35. The third-order valence-electron chi connectivity index (χ3n) is 5.30. The van der Waals surface area contributed by atoms with E-state index in [0.29, 0.717) is 27.1 Å². The molecule has 158 valence electrons. The summed E-state index contributed by atoms with van der Waals surface area (Å²) in [4.78, 5) is 24.7. The maximum Gasteiger partial charge on any atom is 0.348 e. The van der Waals surface area contributed by atoms with Crippen LogP contribution in [0.5, 0.6) is 5.75 Å². The summed E-state index contributed by atoms with van der Waals surface area (Å²) in [6, 6.07) is 9.98. The average Bonchev–Trinajstić information content (AvgIpc) is 3.08. The molecule has 1 aliphatic carbocycles. The number of hydrogen-bond donors (Lipinski definition) is 1. The number of nitrogens with zero attached hydrogens (tertiary/aromatic N) is 1. The van der Waals surface area contributed by atoms with Gasteiger partial charge in [0.2, 0.25) is 0 Å². The van der Waals surface area contributed by atoms with Crippen LogP contribution in [0.3, 0.4) is 0 Å². The molecular weight excluding hydrogens is 400 g/mol. The average molecular weight is 427 g/mol. The first-order valence-corrected chi connectivity index (χ1v) is 11.1. The van der Waals surface area contributed by atoms with Gasteiger partial charge in [-0.2, -0.15) is 5.26 Å². The van der Waals surface area contributed by atoms with Crippen molar-refractivity contribution in [3.05, 3.63) is 45.8 Å². The molecule has 0 bridgehead atoms. The van der Waals surface area contributed by atoms with E-state index in [0.717, 1.165) is 11.3 Å². The minimum atomic E-state index is -0.494. The summed E-state index contributed by atoms with van der Waals surface area (Å²) >= 11 is 1.04. The van der Waals surface area contributed by atoms with Crippen molar-refractivity contribution in [2.24, 2.45) is 0 Å². The fourth-order valence-corrected chi connectivity index (χ4v) is 4.78. The molecule has 30 heavy (non-hydrogen) atoms. The quantitative estimate of drug-likeness (QED) is 0.617. The van der Waals surface area contributed by atoms with Gasteiger partial charge in [0.15, 0.2) is 6.61 Å². The largest absolute Gasteiger partial charge is 0.484 e. The molecule has 2 aromatic rings. The van der Waals surface area contributed by atoms with E-state index in [4.69, 9.17) is 9.47 Å². The van der Waals surface area contributed by atoms with Gasteiger partial charge in [0.05, 0.1) is 12.2 Å². The van der Waals surface area contributed by atoms with Crippen LogP contribution in [0.4, 0.5) is 5.00 Å². The predicted octanol–water partition coefficient (Wildman–Crippen LogP) is 5.17. The smallest absolute Gasteiger partial charge is 0.348 e. The summed E-state index contributed by atoms with van der Waals surface area (Å²) in [5.74, 6) is 0.363. The molecule has 0 aliphatic heterocycles. The number of benzene rings is 1. The summed E-state index contributed by atoms with van der Waals surface area (Å²) < 4.78 is 10.6. The number of ether oxygens (including phenoxy) is 2. The van der Waals surface area contributed by atoms with Gasteiger partial charge in [0.1, 0.15) is 21.7 Å². The molecule has 1 saturated carbocycles. The molecule has 7 heteroatoms. The van der Waals surface area contributed by atoms with Gasteiger partial charge < -0.3 is 14.8 Å². The molecule has 1 aliphatic rings. The molecule has 0 saturated heterocycles. The lowest BCUT2D eigenvalue weighted by molar-refractivity contribution is -0.118. The fourth-order valence-electron chi connectivity index (χ4n) is 3.71. The van der Waals surface area contributed by atoms with Crippen molar-refractivity contribution in [2.45, 2.75) is 51.9 Å². The lowest BCUT2D eigenvalue weighted by Crippen LogP contribution is -2.20. The van der Waals surface area contributed by atoms with Crippen LogP contribution in [0.15, 0.2) is 24.3 Å². The maximum atomic E-state index is 12.3. The third kappa shape index (κ3) is 5.19. The van der Waals surface area contributed by atoms with Crippen molar-refractivity contribution in [1.29, 1.82) is 5.26 Å². The lowest BCUT2D eigenvalue weighted by Gasteiger charge is -2.22. The number of nitriles is 1. The van der Waals surface area contributed by atoms with Gasteiger partial charge in [-0.25, -0.2) is 4.79 Å². The first-order valence-electron chi connectivity index (χ1n) is 10.3. The number of carbonyl (C=O) groups excluding carboxylic acids is 2. The SMILES string of the molecule is CCOC(=O)c1sc(NC(=O)COc2ccc(C3CCCCC3)cc2)c(C#N)c1C. The van der Waals surface area contributed by atoms with Gasteiger partial charge in [-0.1, -0.05) is 31.4 Å². The van der Waals surface area contributed by atoms with Gasteiger partial charge in [0.25, 0.3) is 5.91 Å². The van der Waals surface area contributed by atoms with E-state index in [1.165, 1.54) is 37.7 Å². The van der Waals surface area contributed by atoms with Crippen LogP contribution in [0.2, 0.25) is 0 Å².